The molecule has 1 atom stereocenters. The minimum atomic E-state index is -0.200. The summed E-state index contributed by atoms with van der Waals surface area (Å²) < 4.78 is 5.71. The summed E-state index contributed by atoms with van der Waals surface area (Å²) in [6.45, 7) is 3.04. The predicted octanol–water partition coefficient (Wildman–Crippen LogP) is 4.83. The van der Waals surface area contributed by atoms with E-state index >= 15 is 0 Å². The Bertz CT molecular complexity index is 1070. The first-order chi connectivity index (χ1) is 16.1. The average Bonchev–Trinajstić information content (AvgIpc) is 2.82. The summed E-state index contributed by atoms with van der Waals surface area (Å²) in [5.74, 6) is 1.07. The number of para-hydroxylation sites is 1. The molecule has 2 N–H and O–H groups in total. The van der Waals surface area contributed by atoms with Gasteiger partial charge < -0.3 is 15.4 Å². The molecule has 2 heterocycles. The van der Waals surface area contributed by atoms with Gasteiger partial charge in [-0.3, -0.25) is 14.5 Å². The number of rotatable bonds is 7. The summed E-state index contributed by atoms with van der Waals surface area (Å²) in [5, 5.41) is 5.78. The van der Waals surface area contributed by atoms with Crippen molar-refractivity contribution in [2.75, 3.05) is 17.2 Å². The molecule has 7 heteroatoms. The Morgan fingerprint density at radius 2 is 1.73 bits per heavy atom. The second-order valence-corrected chi connectivity index (χ2v) is 8.15. The van der Waals surface area contributed by atoms with E-state index in [4.69, 9.17) is 4.74 Å². The van der Waals surface area contributed by atoms with Gasteiger partial charge in [0.25, 0.3) is 0 Å². The summed E-state index contributed by atoms with van der Waals surface area (Å²) >= 11 is 0. The van der Waals surface area contributed by atoms with Crippen molar-refractivity contribution < 1.29 is 14.3 Å². The third kappa shape index (κ3) is 6.40. The fraction of sp³-hybridized carbons (Fsp3) is 0.269. The SMILES string of the molecule is CC(=O)Nc1ccc(CN2CCCCC2C(=O)Nc2ccc(Oc3ccccc3)nc2)cc1. The molecule has 1 aliphatic rings. The molecule has 1 fully saturated rings. The van der Waals surface area contributed by atoms with Gasteiger partial charge in [-0.15, -0.1) is 0 Å². The van der Waals surface area contributed by atoms with Crippen molar-refractivity contribution in [1.29, 1.82) is 0 Å². The largest absolute Gasteiger partial charge is 0.439 e. The van der Waals surface area contributed by atoms with Crippen molar-refractivity contribution in [2.45, 2.75) is 38.8 Å². The van der Waals surface area contributed by atoms with Gasteiger partial charge in [0.1, 0.15) is 5.75 Å². The Morgan fingerprint density at radius 3 is 2.42 bits per heavy atom. The highest BCUT2D eigenvalue weighted by Crippen LogP contribution is 2.23. The van der Waals surface area contributed by atoms with Gasteiger partial charge in [0.05, 0.1) is 17.9 Å². The van der Waals surface area contributed by atoms with Crippen LogP contribution in [0.15, 0.2) is 72.9 Å². The van der Waals surface area contributed by atoms with E-state index in [1.54, 1.807) is 18.3 Å². The number of hydrogen-bond donors (Lipinski definition) is 2. The van der Waals surface area contributed by atoms with E-state index in [1.165, 1.54) is 6.92 Å². The molecule has 1 aromatic heterocycles. The van der Waals surface area contributed by atoms with E-state index in [0.29, 0.717) is 23.9 Å². The fourth-order valence-corrected chi connectivity index (χ4v) is 3.96. The van der Waals surface area contributed by atoms with Crippen LogP contribution in [-0.4, -0.2) is 34.3 Å². The maximum absolute atomic E-state index is 13.1. The van der Waals surface area contributed by atoms with Crippen molar-refractivity contribution in [3.8, 4) is 11.6 Å². The summed E-state index contributed by atoms with van der Waals surface area (Å²) in [7, 11) is 0. The zero-order valence-electron chi connectivity index (χ0n) is 18.7. The Balaban J connectivity index is 1.36. The lowest BCUT2D eigenvalue weighted by Gasteiger charge is -2.34. The summed E-state index contributed by atoms with van der Waals surface area (Å²) in [6.07, 6.45) is 4.53. The van der Waals surface area contributed by atoms with Crippen LogP contribution in [0.1, 0.15) is 31.7 Å². The molecule has 0 spiro atoms. The molecule has 4 rings (SSSR count). The Morgan fingerprint density at radius 1 is 0.970 bits per heavy atom. The monoisotopic (exact) mass is 444 g/mol. The second-order valence-electron chi connectivity index (χ2n) is 8.15. The number of nitrogens with zero attached hydrogens (tertiary/aromatic N) is 2. The molecule has 0 saturated carbocycles. The average molecular weight is 445 g/mol. The molecule has 1 saturated heterocycles. The minimum absolute atomic E-state index is 0.0249. The number of ether oxygens (including phenoxy) is 1. The van der Waals surface area contributed by atoms with Crippen molar-refractivity contribution in [3.05, 3.63) is 78.5 Å². The molecule has 2 amide bonds. The number of hydrogen-bond acceptors (Lipinski definition) is 5. The summed E-state index contributed by atoms with van der Waals surface area (Å²) in [4.78, 5) is 30.8. The number of likely N-dealkylation sites (tertiary alicyclic amines) is 1. The van der Waals surface area contributed by atoms with E-state index in [1.807, 2.05) is 54.6 Å². The molecule has 0 radical (unpaired) electrons. The lowest BCUT2D eigenvalue weighted by Crippen LogP contribution is -2.46. The number of carbonyl (C=O) groups excluding carboxylic acids is 2. The van der Waals surface area contributed by atoms with Crippen LogP contribution in [0.2, 0.25) is 0 Å². The molecule has 1 unspecified atom stereocenters. The molecule has 1 aliphatic heterocycles. The van der Waals surface area contributed by atoms with Gasteiger partial charge >= 0.3 is 0 Å². The number of anilines is 2. The lowest BCUT2D eigenvalue weighted by molar-refractivity contribution is -0.122. The van der Waals surface area contributed by atoms with E-state index in [-0.39, 0.29) is 17.9 Å². The smallest absolute Gasteiger partial charge is 0.241 e. The van der Waals surface area contributed by atoms with E-state index < -0.39 is 0 Å². The van der Waals surface area contributed by atoms with Crippen LogP contribution in [0.3, 0.4) is 0 Å². The Kier molecular flexibility index (Phi) is 7.32. The van der Waals surface area contributed by atoms with E-state index in [0.717, 1.165) is 37.1 Å². The molecule has 7 nitrogen and oxygen atoms in total. The molecule has 3 aromatic rings. The predicted molar refractivity (Wildman–Crippen MR) is 128 cm³/mol. The maximum atomic E-state index is 13.1. The van der Waals surface area contributed by atoms with E-state index in [9.17, 15) is 9.59 Å². The summed E-state index contributed by atoms with van der Waals surface area (Å²) in [6, 6.07) is 20.6. The van der Waals surface area contributed by atoms with Crippen LogP contribution in [0.25, 0.3) is 0 Å². The number of amides is 2. The van der Waals surface area contributed by atoms with Crippen LogP contribution in [-0.2, 0) is 16.1 Å². The van der Waals surface area contributed by atoms with Crippen molar-refractivity contribution in [3.63, 3.8) is 0 Å². The van der Waals surface area contributed by atoms with E-state index in [2.05, 4.69) is 20.5 Å². The first-order valence-electron chi connectivity index (χ1n) is 11.2. The van der Waals surface area contributed by atoms with Crippen LogP contribution < -0.4 is 15.4 Å². The van der Waals surface area contributed by atoms with Crippen molar-refractivity contribution >= 4 is 23.2 Å². The zero-order valence-corrected chi connectivity index (χ0v) is 18.7. The molecule has 170 valence electrons. The highest BCUT2D eigenvalue weighted by atomic mass is 16.5. The van der Waals surface area contributed by atoms with Gasteiger partial charge in [0.2, 0.25) is 17.7 Å². The quantitative estimate of drug-likeness (QED) is 0.546. The summed E-state index contributed by atoms with van der Waals surface area (Å²) in [5.41, 5.74) is 2.52. The minimum Gasteiger partial charge on any atom is -0.439 e. The molecular formula is C26H28N4O3. The molecule has 2 aromatic carbocycles. The Hall–Kier alpha value is -3.71. The van der Waals surface area contributed by atoms with Gasteiger partial charge in [-0.05, 0) is 55.3 Å². The number of nitrogens with one attached hydrogen (secondary N) is 2. The van der Waals surface area contributed by atoms with Crippen LogP contribution >= 0.6 is 0 Å². The van der Waals surface area contributed by atoms with Gasteiger partial charge in [-0.2, -0.15) is 0 Å². The normalized spacial score (nSPS) is 16.1. The van der Waals surface area contributed by atoms with Gasteiger partial charge in [-0.1, -0.05) is 36.8 Å². The van der Waals surface area contributed by atoms with Crippen molar-refractivity contribution in [2.24, 2.45) is 0 Å². The first-order valence-corrected chi connectivity index (χ1v) is 11.2. The number of aromatic nitrogens is 1. The van der Waals surface area contributed by atoms with Gasteiger partial charge in [0.15, 0.2) is 0 Å². The molecule has 0 aliphatic carbocycles. The molecular weight excluding hydrogens is 416 g/mol. The molecule has 33 heavy (non-hydrogen) atoms. The topological polar surface area (TPSA) is 83.6 Å². The standard InChI is InChI=1S/C26H28N4O3/c1-19(31)28-21-12-10-20(11-13-21)18-30-16-6-5-9-24(30)26(32)29-22-14-15-25(27-17-22)33-23-7-3-2-4-8-23/h2-4,7-8,10-15,17,24H,5-6,9,16,18H2,1H3,(H,28,31)(H,29,32). The van der Waals surface area contributed by atoms with Crippen LogP contribution in [0.4, 0.5) is 11.4 Å². The Labute approximate surface area is 193 Å². The van der Waals surface area contributed by atoms with Crippen LogP contribution in [0, 0.1) is 0 Å². The fourth-order valence-electron chi connectivity index (χ4n) is 3.96. The number of carbonyl (C=O) groups is 2. The van der Waals surface area contributed by atoms with Crippen molar-refractivity contribution in [1.82, 2.24) is 9.88 Å². The third-order valence-electron chi connectivity index (χ3n) is 5.55. The third-order valence-corrected chi connectivity index (χ3v) is 5.55. The second kappa shape index (κ2) is 10.7. The first kappa shape index (κ1) is 22.5. The maximum Gasteiger partial charge on any atom is 0.241 e. The van der Waals surface area contributed by atoms with Crippen LogP contribution in [0.5, 0.6) is 11.6 Å². The highest BCUT2D eigenvalue weighted by Gasteiger charge is 2.28. The number of piperidine rings is 1. The van der Waals surface area contributed by atoms with Gasteiger partial charge in [-0.25, -0.2) is 4.98 Å². The number of benzene rings is 2. The zero-order chi connectivity index (χ0) is 23.0. The lowest BCUT2D eigenvalue weighted by atomic mass is 10.00. The number of pyridine rings is 1. The molecule has 0 bridgehead atoms. The van der Waals surface area contributed by atoms with Gasteiger partial charge in [0, 0.05) is 25.2 Å². The highest BCUT2D eigenvalue weighted by molar-refractivity contribution is 5.94.